The quantitative estimate of drug-likeness (QED) is 0.803. The third-order valence-corrected chi connectivity index (χ3v) is 2.68. The van der Waals surface area contributed by atoms with E-state index in [0.29, 0.717) is 6.54 Å². The molecule has 1 amide bonds. The second-order valence-corrected chi connectivity index (χ2v) is 4.74. The number of nitrogens with two attached hydrogens (primary N) is 1. The number of nitrogens with one attached hydrogen (secondary N) is 1. The third-order valence-electron chi connectivity index (χ3n) is 2.68. The number of halogens is 2. The molecule has 1 rings (SSSR count). The van der Waals surface area contributed by atoms with Crippen molar-refractivity contribution in [1.29, 1.82) is 0 Å². The van der Waals surface area contributed by atoms with Crippen molar-refractivity contribution in [2.24, 2.45) is 5.73 Å². The first-order valence-corrected chi connectivity index (χ1v) is 6.51. The molecule has 0 atom stereocenters. The maximum Gasteiger partial charge on any atom is 0.237 e. The minimum atomic E-state index is -0.820. The van der Waals surface area contributed by atoms with Crippen molar-refractivity contribution in [3.63, 3.8) is 0 Å². The van der Waals surface area contributed by atoms with Crippen LogP contribution < -0.4 is 16.0 Å². The van der Waals surface area contributed by atoms with Crippen molar-refractivity contribution >= 4 is 17.5 Å². The average Bonchev–Trinajstić information content (AvgIpc) is 2.35. The summed E-state index contributed by atoms with van der Waals surface area (Å²) in [5, 5.41) is 2.78. The number of carbonyl (C=O) groups excluding carboxylic acids is 1. The van der Waals surface area contributed by atoms with Crippen molar-refractivity contribution in [3.8, 4) is 0 Å². The van der Waals surface area contributed by atoms with E-state index in [0.717, 1.165) is 12.5 Å². The fourth-order valence-electron chi connectivity index (χ4n) is 1.70. The molecule has 0 spiro atoms. The summed E-state index contributed by atoms with van der Waals surface area (Å²) in [5.41, 5.74) is 5.15. The number of pyridine rings is 1. The van der Waals surface area contributed by atoms with Gasteiger partial charge < -0.3 is 16.0 Å². The second-order valence-electron chi connectivity index (χ2n) is 4.74. The Hall–Kier alpha value is -1.92. The number of anilines is 2. The van der Waals surface area contributed by atoms with Crippen LogP contribution >= 0.6 is 0 Å². The molecular weight excluding hydrogens is 266 g/mol. The van der Waals surface area contributed by atoms with Gasteiger partial charge in [-0.3, -0.25) is 4.79 Å². The minimum Gasteiger partial charge on any atom is -0.368 e. The minimum absolute atomic E-state index is 0.0293. The molecule has 0 aliphatic carbocycles. The van der Waals surface area contributed by atoms with Gasteiger partial charge in [0.15, 0.2) is 23.3 Å². The Bertz CT molecular complexity index is 480. The van der Waals surface area contributed by atoms with E-state index in [2.05, 4.69) is 10.3 Å². The zero-order chi connectivity index (χ0) is 15.3. The van der Waals surface area contributed by atoms with Crippen molar-refractivity contribution in [3.05, 3.63) is 17.7 Å². The van der Waals surface area contributed by atoms with Gasteiger partial charge in [-0.1, -0.05) is 6.92 Å². The molecule has 20 heavy (non-hydrogen) atoms. The molecule has 0 saturated heterocycles. The molecule has 0 radical (unpaired) electrons. The lowest BCUT2D eigenvalue weighted by Gasteiger charge is -2.27. The zero-order valence-corrected chi connectivity index (χ0v) is 11.9. The Morgan fingerprint density at radius 3 is 2.60 bits per heavy atom. The van der Waals surface area contributed by atoms with Crippen LogP contribution in [0.15, 0.2) is 6.07 Å². The van der Waals surface area contributed by atoms with Crippen molar-refractivity contribution in [2.75, 3.05) is 23.3 Å². The van der Waals surface area contributed by atoms with Crippen LogP contribution in [0.4, 0.5) is 20.4 Å². The number of amides is 1. The normalized spacial score (nSPS) is 10.7. The average molecular weight is 286 g/mol. The fourth-order valence-corrected chi connectivity index (χ4v) is 1.70. The van der Waals surface area contributed by atoms with Crippen LogP contribution in [0, 0.1) is 11.6 Å². The first kappa shape index (κ1) is 16.1. The molecule has 112 valence electrons. The lowest BCUT2D eigenvalue weighted by atomic mass is 10.2. The molecule has 1 aromatic heterocycles. The zero-order valence-electron chi connectivity index (χ0n) is 11.9. The SMILES string of the molecule is CCCNc1nc(N(CC(N)=O)C(C)C)c(F)cc1F. The predicted octanol–water partition coefficient (Wildman–Crippen LogP) is 1.88. The third kappa shape index (κ3) is 4.04. The molecule has 0 aliphatic rings. The summed E-state index contributed by atoms with van der Waals surface area (Å²) in [4.78, 5) is 16.4. The van der Waals surface area contributed by atoms with E-state index in [1.165, 1.54) is 4.90 Å². The van der Waals surface area contributed by atoms with Crippen molar-refractivity contribution in [2.45, 2.75) is 33.2 Å². The second kappa shape index (κ2) is 7.02. The lowest BCUT2D eigenvalue weighted by Crippen LogP contribution is -2.39. The molecule has 7 heteroatoms. The standard InChI is InChI=1S/C13H20F2N4O/c1-4-5-17-12-9(14)6-10(15)13(18-12)19(8(2)3)7-11(16)20/h6,8H,4-5,7H2,1-3H3,(H2,16,20)(H,17,18). The largest absolute Gasteiger partial charge is 0.368 e. The van der Waals surface area contributed by atoms with Crippen LogP contribution in [0.2, 0.25) is 0 Å². The number of aromatic nitrogens is 1. The topological polar surface area (TPSA) is 71.2 Å². The molecule has 5 nitrogen and oxygen atoms in total. The van der Waals surface area contributed by atoms with Gasteiger partial charge in [0.2, 0.25) is 5.91 Å². The highest BCUT2D eigenvalue weighted by Gasteiger charge is 2.21. The molecule has 0 bridgehead atoms. The highest BCUT2D eigenvalue weighted by Crippen LogP contribution is 2.23. The summed E-state index contributed by atoms with van der Waals surface area (Å²) in [6, 6.07) is 0.561. The van der Waals surface area contributed by atoms with Crippen molar-refractivity contribution < 1.29 is 13.6 Å². The first-order valence-electron chi connectivity index (χ1n) is 6.51. The van der Waals surface area contributed by atoms with Crippen molar-refractivity contribution in [1.82, 2.24) is 4.98 Å². The van der Waals surface area contributed by atoms with Gasteiger partial charge in [-0.05, 0) is 20.3 Å². The molecule has 0 unspecified atom stereocenters. The summed E-state index contributed by atoms with van der Waals surface area (Å²) in [6.45, 7) is 5.80. The van der Waals surface area contributed by atoms with Gasteiger partial charge >= 0.3 is 0 Å². The van der Waals surface area contributed by atoms with Crippen LogP contribution in [-0.2, 0) is 4.79 Å². The monoisotopic (exact) mass is 286 g/mol. The van der Waals surface area contributed by atoms with Crippen LogP contribution in [0.1, 0.15) is 27.2 Å². The van der Waals surface area contributed by atoms with Gasteiger partial charge in [-0.25, -0.2) is 13.8 Å². The molecule has 1 aromatic rings. The number of nitrogens with zero attached hydrogens (tertiary/aromatic N) is 2. The maximum absolute atomic E-state index is 13.9. The van der Waals surface area contributed by atoms with E-state index < -0.39 is 17.5 Å². The van der Waals surface area contributed by atoms with E-state index in [4.69, 9.17) is 5.73 Å². The summed E-state index contributed by atoms with van der Waals surface area (Å²) in [7, 11) is 0. The lowest BCUT2D eigenvalue weighted by molar-refractivity contribution is -0.116. The van der Waals surface area contributed by atoms with Gasteiger partial charge in [0.05, 0.1) is 6.54 Å². The summed E-state index contributed by atoms with van der Waals surface area (Å²) in [6.07, 6.45) is 0.781. The van der Waals surface area contributed by atoms with Crippen LogP contribution in [0.3, 0.4) is 0 Å². The fraction of sp³-hybridized carbons (Fsp3) is 0.538. The summed E-state index contributed by atoms with van der Waals surface area (Å²) in [5.74, 6) is -2.30. The molecular formula is C13H20F2N4O. The number of hydrogen-bond donors (Lipinski definition) is 2. The highest BCUT2D eigenvalue weighted by atomic mass is 19.1. The van der Waals surface area contributed by atoms with Gasteiger partial charge in [-0.15, -0.1) is 0 Å². The van der Waals surface area contributed by atoms with E-state index in [-0.39, 0.29) is 24.2 Å². The van der Waals surface area contributed by atoms with Crippen LogP contribution in [0.5, 0.6) is 0 Å². The number of primary amides is 1. The smallest absolute Gasteiger partial charge is 0.237 e. The Morgan fingerprint density at radius 1 is 1.45 bits per heavy atom. The Labute approximate surface area is 117 Å². The van der Waals surface area contributed by atoms with Crippen LogP contribution in [-0.4, -0.2) is 30.0 Å². The molecule has 0 fully saturated rings. The number of hydrogen-bond acceptors (Lipinski definition) is 4. The number of rotatable bonds is 7. The first-order chi connectivity index (χ1) is 9.36. The maximum atomic E-state index is 13.9. The van der Waals surface area contributed by atoms with Gasteiger partial charge in [0, 0.05) is 18.7 Å². The molecule has 3 N–H and O–H groups in total. The Kier molecular flexibility index (Phi) is 5.66. The highest BCUT2D eigenvalue weighted by molar-refractivity contribution is 5.79. The van der Waals surface area contributed by atoms with Gasteiger partial charge in [-0.2, -0.15) is 0 Å². The van der Waals surface area contributed by atoms with E-state index >= 15 is 0 Å². The Morgan fingerprint density at radius 2 is 2.10 bits per heavy atom. The Balaban J connectivity index is 3.16. The van der Waals surface area contributed by atoms with Gasteiger partial charge in [0.25, 0.3) is 0 Å². The molecule has 0 saturated carbocycles. The van der Waals surface area contributed by atoms with E-state index in [1.807, 2.05) is 6.92 Å². The number of carbonyl (C=O) groups is 1. The molecule has 0 aliphatic heterocycles. The summed E-state index contributed by atoms with van der Waals surface area (Å²) < 4.78 is 27.5. The van der Waals surface area contributed by atoms with E-state index in [1.54, 1.807) is 13.8 Å². The summed E-state index contributed by atoms with van der Waals surface area (Å²) >= 11 is 0. The predicted molar refractivity (Wildman–Crippen MR) is 74.6 cm³/mol. The molecule has 0 aromatic carbocycles. The van der Waals surface area contributed by atoms with Gasteiger partial charge in [0.1, 0.15) is 0 Å². The molecule has 1 heterocycles. The van der Waals surface area contributed by atoms with Crippen LogP contribution in [0.25, 0.3) is 0 Å². The van der Waals surface area contributed by atoms with E-state index in [9.17, 15) is 13.6 Å².